The highest BCUT2D eigenvalue weighted by molar-refractivity contribution is 7.47. The monoisotopic (exact) mass is 1480 g/mol. The second-order valence-electron chi connectivity index (χ2n) is 30.0. The maximum atomic E-state index is 13.1. The van der Waals surface area contributed by atoms with Gasteiger partial charge in [0.15, 0.2) is 12.2 Å². The minimum absolute atomic E-state index is 0.108. The Morgan fingerprint density at radius 1 is 0.277 bits per heavy atom. The Morgan fingerprint density at radius 2 is 0.475 bits per heavy atom. The fourth-order valence-electron chi connectivity index (χ4n) is 12.6. The molecule has 7 atom stereocenters. The van der Waals surface area contributed by atoms with Gasteiger partial charge in [-0.25, -0.2) is 9.13 Å². The lowest BCUT2D eigenvalue weighted by molar-refractivity contribution is -0.161. The van der Waals surface area contributed by atoms with Crippen LogP contribution in [-0.2, 0) is 65.4 Å². The van der Waals surface area contributed by atoms with Gasteiger partial charge in [-0.1, -0.05) is 382 Å². The van der Waals surface area contributed by atoms with Crippen LogP contribution >= 0.6 is 15.6 Å². The number of hydrogen-bond donors (Lipinski definition) is 3. The molecule has 0 rings (SSSR count). The number of unbranched alkanes of at least 4 members (excludes halogenated alkanes) is 49. The summed E-state index contributed by atoms with van der Waals surface area (Å²) in [5.41, 5.74) is 0. The molecule has 0 aromatic heterocycles. The third-order valence-corrected chi connectivity index (χ3v) is 21.8. The van der Waals surface area contributed by atoms with Crippen molar-refractivity contribution < 1.29 is 80.2 Å². The van der Waals surface area contributed by atoms with E-state index in [1.54, 1.807) is 0 Å². The molecule has 3 N–H and O–H groups in total. The molecule has 0 aliphatic carbocycles. The molecule has 101 heavy (non-hydrogen) atoms. The summed E-state index contributed by atoms with van der Waals surface area (Å²) in [5, 5.41) is 10.6. The van der Waals surface area contributed by atoms with Gasteiger partial charge in [-0.05, 0) is 37.5 Å². The van der Waals surface area contributed by atoms with Gasteiger partial charge in [-0.2, -0.15) is 0 Å². The summed E-state index contributed by atoms with van der Waals surface area (Å²) >= 11 is 0. The first-order valence-corrected chi connectivity index (χ1v) is 45.6. The summed E-state index contributed by atoms with van der Waals surface area (Å²) < 4.78 is 68.8. The molecule has 0 aliphatic heterocycles. The first-order chi connectivity index (χ1) is 48.9. The van der Waals surface area contributed by atoms with Crippen molar-refractivity contribution in [1.82, 2.24) is 0 Å². The number of rotatable bonds is 81. The third kappa shape index (κ3) is 73.4. The van der Waals surface area contributed by atoms with E-state index < -0.39 is 97.5 Å². The quantitative estimate of drug-likeness (QED) is 0.0222. The minimum Gasteiger partial charge on any atom is -0.462 e. The highest BCUT2D eigenvalue weighted by atomic mass is 31.2. The number of ether oxygens (including phenoxy) is 4. The minimum atomic E-state index is -4.96. The lowest BCUT2D eigenvalue weighted by atomic mass is 9.99. The van der Waals surface area contributed by atoms with Gasteiger partial charge in [-0.15, -0.1) is 0 Å². The summed E-state index contributed by atoms with van der Waals surface area (Å²) in [6.07, 6.45) is 63.6. The van der Waals surface area contributed by atoms with Gasteiger partial charge in [0, 0.05) is 25.7 Å². The van der Waals surface area contributed by atoms with Crippen LogP contribution in [0, 0.1) is 11.8 Å². The van der Waals surface area contributed by atoms with E-state index in [1.165, 1.54) is 250 Å². The predicted molar refractivity (Wildman–Crippen MR) is 414 cm³/mol. The molecule has 0 aromatic rings. The normalized spacial score (nSPS) is 14.4. The van der Waals surface area contributed by atoms with Crippen molar-refractivity contribution in [2.24, 2.45) is 11.8 Å². The molecule has 0 heterocycles. The van der Waals surface area contributed by atoms with Gasteiger partial charge in [-0.3, -0.25) is 37.3 Å². The number of esters is 4. The lowest BCUT2D eigenvalue weighted by Crippen LogP contribution is -2.30. The lowest BCUT2D eigenvalue weighted by Gasteiger charge is -2.21. The molecule has 0 bridgehead atoms. The highest BCUT2D eigenvalue weighted by Crippen LogP contribution is 2.45. The summed E-state index contributed by atoms with van der Waals surface area (Å²) in [5.74, 6) is -0.410. The van der Waals surface area contributed by atoms with Crippen LogP contribution in [0.25, 0.3) is 0 Å². The average Bonchev–Trinajstić information content (AvgIpc) is 3.16. The largest absolute Gasteiger partial charge is 0.472 e. The SMILES string of the molecule is CCCCCCCCCCCCCCCCCC(=O)O[C@H](COC(=O)CCCCCCCCCCCC)COP(=O)(O)OC[C@H](O)COP(=O)(O)OC[C@@H](COC(=O)CCCCCCCCCCCCCCCCC(C)CC)OC(=O)CCCCCCCCCCCCCCCCC(C)CC. The van der Waals surface area contributed by atoms with Crippen molar-refractivity contribution in [3.05, 3.63) is 0 Å². The van der Waals surface area contributed by atoms with Crippen LogP contribution in [0.4, 0.5) is 0 Å². The van der Waals surface area contributed by atoms with E-state index in [4.69, 9.17) is 37.0 Å². The topological polar surface area (TPSA) is 237 Å². The molecule has 0 spiro atoms. The Morgan fingerprint density at radius 3 is 0.703 bits per heavy atom. The number of carbonyl (C=O) groups excluding carboxylic acids is 4. The van der Waals surface area contributed by atoms with Crippen molar-refractivity contribution in [3.8, 4) is 0 Å². The van der Waals surface area contributed by atoms with Crippen LogP contribution in [0.15, 0.2) is 0 Å². The number of aliphatic hydroxyl groups excluding tert-OH is 1. The molecule has 0 radical (unpaired) electrons. The molecule has 0 saturated heterocycles. The first kappa shape index (κ1) is 99.1. The Labute approximate surface area is 619 Å². The number of hydrogen-bond acceptors (Lipinski definition) is 15. The van der Waals surface area contributed by atoms with Crippen LogP contribution in [0.1, 0.15) is 433 Å². The molecule has 17 nitrogen and oxygen atoms in total. The van der Waals surface area contributed by atoms with Crippen LogP contribution in [-0.4, -0.2) is 96.7 Å². The smallest absolute Gasteiger partial charge is 0.462 e. The highest BCUT2D eigenvalue weighted by Gasteiger charge is 2.30. The van der Waals surface area contributed by atoms with E-state index in [1.807, 2.05) is 0 Å². The molecule has 600 valence electrons. The van der Waals surface area contributed by atoms with Gasteiger partial charge >= 0.3 is 39.5 Å². The zero-order valence-electron chi connectivity index (χ0n) is 66.2. The molecular weight excluding hydrogens is 1320 g/mol. The Bertz CT molecular complexity index is 1950. The van der Waals surface area contributed by atoms with Gasteiger partial charge < -0.3 is 33.8 Å². The third-order valence-electron chi connectivity index (χ3n) is 19.9. The number of phosphoric ester groups is 2. The van der Waals surface area contributed by atoms with Crippen LogP contribution < -0.4 is 0 Å². The summed E-state index contributed by atoms with van der Waals surface area (Å²) in [6, 6.07) is 0. The van der Waals surface area contributed by atoms with Crippen LogP contribution in [0.3, 0.4) is 0 Å². The zero-order chi connectivity index (χ0) is 74.2. The van der Waals surface area contributed by atoms with E-state index in [0.29, 0.717) is 25.7 Å². The second kappa shape index (κ2) is 73.6. The molecular formula is C82H160O17P2. The van der Waals surface area contributed by atoms with Gasteiger partial charge in [0.25, 0.3) is 0 Å². The van der Waals surface area contributed by atoms with Gasteiger partial charge in [0.1, 0.15) is 19.3 Å². The maximum Gasteiger partial charge on any atom is 0.472 e. The zero-order valence-corrected chi connectivity index (χ0v) is 68.0. The Balaban J connectivity index is 5.24. The van der Waals surface area contributed by atoms with Crippen molar-refractivity contribution in [2.45, 2.75) is 452 Å². The molecule has 0 fully saturated rings. The molecule has 4 unspecified atom stereocenters. The van der Waals surface area contributed by atoms with Crippen molar-refractivity contribution in [1.29, 1.82) is 0 Å². The predicted octanol–water partition coefficient (Wildman–Crippen LogP) is 24.7. The van der Waals surface area contributed by atoms with E-state index in [2.05, 4.69) is 41.5 Å². The van der Waals surface area contributed by atoms with Crippen LogP contribution in [0.2, 0.25) is 0 Å². The molecule has 0 amide bonds. The van der Waals surface area contributed by atoms with E-state index in [0.717, 1.165) is 102 Å². The van der Waals surface area contributed by atoms with Gasteiger partial charge in [0.05, 0.1) is 26.4 Å². The van der Waals surface area contributed by atoms with E-state index >= 15 is 0 Å². The maximum absolute atomic E-state index is 13.1. The number of carbonyl (C=O) groups is 4. The first-order valence-electron chi connectivity index (χ1n) is 42.6. The van der Waals surface area contributed by atoms with Crippen molar-refractivity contribution in [3.63, 3.8) is 0 Å². The second-order valence-corrected chi connectivity index (χ2v) is 32.9. The number of phosphoric acid groups is 2. The van der Waals surface area contributed by atoms with E-state index in [-0.39, 0.29) is 25.7 Å². The average molecular weight is 1480 g/mol. The Kier molecular flexibility index (Phi) is 72.2. The fourth-order valence-corrected chi connectivity index (χ4v) is 14.2. The van der Waals surface area contributed by atoms with Crippen molar-refractivity contribution >= 4 is 39.5 Å². The summed E-state index contributed by atoms with van der Waals surface area (Å²) in [7, 11) is -9.92. The van der Waals surface area contributed by atoms with Crippen molar-refractivity contribution in [2.75, 3.05) is 39.6 Å². The standard InChI is InChI=1S/C82H160O17P2/c1-7-11-13-15-17-19-21-22-23-31-36-42-48-54-60-66-81(86)98-77(70-92-79(84)64-58-52-46-40-20-18-16-14-12-8-2)72-96-100(88,89)94-68-76(83)69-95-101(90,91)97-73-78(99-82(87)67-61-55-49-43-37-32-27-25-29-34-39-45-51-57-63-75(6)10-4)71-93-80(85)65-59-53-47-41-35-30-26-24-28-33-38-44-50-56-62-74(5)9-3/h74-78,83H,7-73H2,1-6H3,(H,88,89)(H,90,91)/t74?,75?,76-,77+,78+/m0/s1. The number of aliphatic hydroxyl groups is 1. The molecule has 0 aliphatic rings. The molecule has 19 heteroatoms. The summed E-state index contributed by atoms with van der Waals surface area (Å²) in [6.45, 7) is 9.75. The summed E-state index contributed by atoms with van der Waals surface area (Å²) in [4.78, 5) is 73.1. The molecule has 0 aromatic carbocycles. The van der Waals surface area contributed by atoms with Crippen LogP contribution in [0.5, 0.6) is 0 Å². The van der Waals surface area contributed by atoms with Gasteiger partial charge in [0.2, 0.25) is 0 Å². The Hall–Kier alpha value is -1.94. The molecule has 0 saturated carbocycles. The van der Waals surface area contributed by atoms with E-state index in [9.17, 15) is 43.2 Å². The fraction of sp³-hybridized carbons (Fsp3) is 0.951.